The molecule has 0 bridgehead atoms. The number of aromatic nitrogens is 3. The maximum atomic E-state index is 7.24. The van der Waals surface area contributed by atoms with Crippen LogP contribution in [0.5, 0.6) is 0 Å². The van der Waals surface area contributed by atoms with Crippen molar-refractivity contribution in [2.24, 2.45) is 16.7 Å². The predicted molar refractivity (Wildman–Crippen MR) is 239 cm³/mol. The zero-order valence-electron chi connectivity index (χ0n) is 35.0. The molecule has 59 heavy (non-hydrogen) atoms. The zero-order chi connectivity index (χ0) is 41.5. The van der Waals surface area contributed by atoms with Gasteiger partial charge in [0.05, 0.1) is 17.7 Å². The van der Waals surface area contributed by atoms with Gasteiger partial charge in [-0.25, -0.2) is 20.9 Å². The largest absolute Gasteiger partial charge is 0.494 e. The molecule has 0 spiro atoms. The van der Waals surface area contributed by atoms with Gasteiger partial charge < -0.3 is 19.6 Å². The molecule has 5 aromatic carbocycles. The van der Waals surface area contributed by atoms with E-state index in [1.165, 1.54) is 5.12 Å². The van der Waals surface area contributed by atoms with Crippen LogP contribution >= 0.6 is 0 Å². The molecule has 1 aliphatic heterocycles. The molecule has 1 fully saturated rings. The van der Waals surface area contributed by atoms with Crippen molar-refractivity contribution < 1.29 is 9.31 Å². The SMILES string of the molecule is CCc1nc2c(C)cc(C)nc2n1Cc1ccc(-c2cc(B3OC(C)(C)C(C)(C)O3)ccc2/C(N)=N/N(N)C(c2ccccc2)(c2ccccc2)c2ccccc2)cc1. The Kier molecular flexibility index (Phi) is 10.5. The van der Waals surface area contributed by atoms with Gasteiger partial charge in [-0.15, -0.1) is 5.10 Å². The minimum atomic E-state index is -1.01. The lowest BCUT2D eigenvalue weighted by atomic mass is 9.76. The fourth-order valence-electron chi connectivity index (χ4n) is 8.19. The first kappa shape index (κ1) is 39.7. The van der Waals surface area contributed by atoms with E-state index >= 15 is 0 Å². The molecule has 8 rings (SSSR count). The van der Waals surface area contributed by atoms with E-state index in [9.17, 15) is 0 Å². The lowest BCUT2D eigenvalue weighted by Crippen LogP contribution is -2.50. The Hall–Kier alpha value is -6.07. The minimum Gasteiger partial charge on any atom is -0.399 e. The van der Waals surface area contributed by atoms with Crippen molar-refractivity contribution in [1.29, 1.82) is 0 Å². The van der Waals surface area contributed by atoms with E-state index in [1.54, 1.807) is 0 Å². The van der Waals surface area contributed by atoms with E-state index in [4.69, 9.17) is 36.0 Å². The van der Waals surface area contributed by atoms with Crippen LogP contribution in [0.3, 0.4) is 0 Å². The van der Waals surface area contributed by atoms with Crippen LogP contribution in [0, 0.1) is 13.8 Å². The van der Waals surface area contributed by atoms with Gasteiger partial charge in [-0.05, 0) is 92.0 Å². The number of imidazole rings is 1. The monoisotopic (exact) mass is 781 g/mol. The van der Waals surface area contributed by atoms with Crippen LogP contribution < -0.4 is 17.0 Å². The molecule has 0 radical (unpaired) electrons. The second-order valence-corrected chi connectivity index (χ2v) is 16.4. The third-order valence-corrected chi connectivity index (χ3v) is 12.0. The van der Waals surface area contributed by atoms with Crippen LogP contribution in [-0.2, 0) is 27.8 Å². The molecule has 10 heteroatoms. The van der Waals surface area contributed by atoms with Gasteiger partial charge in [0.2, 0.25) is 0 Å². The molecular weight excluding hydrogens is 729 g/mol. The van der Waals surface area contributed by atoms with Crippen molar-refractivity contribution in [3.8, 4) is 11.1 Å². The van der Waals surface area contributed by atoms with E-state index < -0.39 is 23.9 Å². The number of hydrogen-bond acceptors (Lipinski definition) is 7. The molecule has 4 N–H and O–H groups in total. The highest BCUT2D eigenvalue weighted by atomic mass is 16.7. The van der Waals surface area contributed by atoms with Crippen molar-refractivity contribution in [3.63, 3.8) is 0 Å². The third-order valence-electron chi connectivity index (χ3n) is 12.0. The highest BCUT2D eigenvalue weighted by Crippen LogP contribution is 2.42. The number of benzene rings is 5. The third kappa shape index (κ3) is 7.22. The van der Waals surface area contributed by atoms with Gasteiger partial charge in [-0.1, -0.05) is 140 Å². The van der Waals surface area contributed by atoms with E-state index in [0.717, 1.165) is 79.1 Å². The lowest BCUT2D eigenvalue weighted by Gasteiger charge is -2.41. The number of nitrogens with zero attached hydrogens (tertiary/aromatic N) is 5. The fraction of sp³-hybridized carbons (Fsp3) is 0.245. The van der Waals surface area contributed by atoms with Crippen LogP contribution in [-0.4, -0.2) is 43.8 Å². The van der Waals surface area contributed by atoms with E-state index in [2.05, 4.69) is 119 Å². The summed E-state index contributed by atoms with van der Waals surface area (Å²) in [6, 6.07) is 47.3. The molecule has 0 unspecified atom stereocenters. The van der Waals surface area contributed by atoms with Gasteiger partial charge in [-0.3, -0.25) is 0 Å². The Morgan fingerprint density at radius 3 is 1.81 bits per heavy atom. The van der Waals surface area contributed by atoms with E-state index in [-0.39, 0.29) is 5.84 Å². The lowest BCUT2D eigenvalue weighted by molar-refractivity contribution is 0.00578. The van der Waals surface area contributed by atoms with Gasteiger partial charge in [-0.2, -0.15) is 0 Å². The highest BCUT2D eigenvalue weighted by molar-refractivity contribution is 6.62. The minimum absolute atomic E-state index is 0.258. The fourth-order valence-corrected chi connectivity index (χ4v) is 8.19. The summed E-state index contributed by atoms with van der Waals surface area (Å²) >= 11 is 0. The standard InChI is InChI=1S/C49H52BN7O2/c1-8-43-54-44-33(2)30-34(3)53-46(44)56(43)32-35-24-26-36(27-25-35)42-31-40(50-58-47(4,5)48(6,7)59-50)28-29-41(42)45(51)55-57(52)49(37-18-12-9-13-19-37,38-20-14-10-15-21-38)39-22-16-11-17-23-39/h9-31H,8,32,52H2,1-7H3,(H2,51,55). The van der Waals surface area contributed by atoms with Gasteiger partial charge >= 0.3 is 7.12 Å². The van der Waals surface area contributed by atoms with Crippen molar-refractivity contribution >= 4 is 29.6 Å². The van der Waals surface area contributed by atoms with E-state index in [0.29, 0.717) is 6.54 Å². The molecule has 0 aliphatic carbocycles. The summed E-state index contributed by atoms with van der Waals surface area (Å²) in [5.74, 6) is 8.51. The van der Waals surface area contributed by atoms with Crippen molar-refractivity contribution in [2.45, 2.75) is 78.2 Å². The molecule has 7 aromatic rings. The number of hydrazone groups is 1. The topological polar surface area (TPSA) is 117 Å². The Morgan fingerprint density at radius 1 is 0.746 bits per heavy atom. The number of pyridine rings is 1. The van der Waals surface area contributed by atoms with E-state index in [1.807, 2.05) is 73.7 Å². The van der Waals surface area contributed by atoms with Crippen LogP contribution in [0.25, 0.3) is 22.3 Å². The summed E-state index contributed by atoms with van der Waals surface area (Å²) < 4.78 is 15.3. The molecule has 2 aromatic heterocycles. The van der Waals surface area contributed by atoms with Gasteiger partial charge in [0.1, 0.15) is 16.9 Å². The zero-order valence-corrected chi connectivity index (χ0v) is 35.0. The van der Waals surface area contributed by atoms with Crippen LogP contribution in [0.2, 0.25) is 0 Å². The van der Waals surface area contributed by atoms with Gasteiger partial charge in [0, 0.05) is 17.7 Å². The smallest absolute Gasteiger partial charge is 0.399 e. The number of hydrogen-bond donors (Lipinski definition) is 2. The van der Waals surface area contributed by atoms with Crippen LogP contribution in [0.15, 0.2) is 145 Å². The first-order chi connectivity index (χ1) is 28.3. The molecule has 3 heterocycles. The first-order valence-electron chi connectivity index (χ1n) is 20.3. The first-order valence-corrected chi connectivity index (χ1v) is 20.3. The average Bonchev–Trinajstić information content (AvgIpc) is 3.70. The summed E-state index contributed by atoms with van der Waals surface area (Å²) in [4.78, 5) is 9.87. The molecule has 0 amide bonds. The summed E-state index contributed by atoms with van der Waals surface area (Å²) in [5.41, 5.74) is 16.5. The van der Waals surface area contributed by atoms with Crippen molar-refractivity contribution in [3.05, 3.63) is 184 Å². The maximum absolute atomic E-state index is 7.24. The molecule has 1 saturated heterocycles. The number of hydrazine groups is 1. The second-order valence-electron chi connectivity index (χ2n) is 16.4. The number of aryl methyl sites for hydroxylation is 3. The number of nitrogens with two attached hydrogens (primary N) is 2. The van der Waals surface area contributed by atoms with Crippen LogP contribution in [0.4, 0.5) is 0 Å². The quantitative estimate of drug-likeness (QED) is 0.0338. The van der Waals surface area contributed by atoms with Crippen LogP contribution in [0.1, 0.15) is 79.5 Å². The number of rotatable bonds is 11. The van der Waals surface area contributed by atoms with Gasteiger partial charge in [0.25, 0.3) is 0 Å². The predicted octanol–water partition coefficient (Wildman–Crippen LogP) is 8.41. The summed E-state index contributed by atoms with van der Waals surface area (Å²) in [6.07, 6.45) is 0.804. The molecule has 298 valence electrons. The van der Waals surface area contributed by atoms with Crippen molar-refractivity contribution in [2.75, 3.05) is 0 Å². The molecule has 1 aliphatic rings. The maximum Gasteiger partial charge on any atom is 0.494 e. The number of fused-ring (bicyclic) bond motifs is 1. The summed E-state index contributed by atoms with van der Waals surface area (Å²) in [5, 5.41) is 6.57. The summed E-state index contributed by atoms with van der Waals surface area (Å²) in [6.45, 7) is 15.2. The highest BCUT2D eigenvalue weighted by Gasteiger charge is 2.52. The molecule has 9 nitrogen and oxygen atoms in total. The molecular formula is C49H52BN7O2. The Morgan fingerprint density at radius 2 is 1.29 bits per heavy atom. The molecule has 0 saturated carbocycles. The Balaban J connectivity index is 1.24. The second kappa shape index (κ2) is 15.6. The number of amidine groups is 1. The normalized spacial score (nSPS) is 15.2. The average molecular weight is 782 g/mol. The van der Waals surface area contributed by atoms with Gasteiger partial charge in [0.15, 0.2) is 11.5 Å². The Labute approximate surface area is 347 Å². The Bertz CT molecular complexity index is 2510. The molecule has 0 atom stereocenters. The van der Waals surface area contributed by atoms with Crippen molar-refractivity contribution in [1.82, 2.24) is 19.7 Å². The summed E-state index contributed by atoms with van der Waals surface area (Å²) in [7, 11) is -0.570.